The summed E-state index contributed by atoms with van der Waals surface area (Å²) in [6, 6.07) is 6.50. The standard InChI is InChI=1S/C13H16N4O4/c1-3-15(4-2)17(20)14-21-9-16-12(18)10-7-5-6-8-11(10)13(16)19/h5-8H,3-4,9H2,1-2H3/b17-14-. The second-order valence-corrected chi connectivity index (χ2v) is 4.32. The van der Waals surface area contributed by atoms with E-state index in [1.807, 2.05) is 0 Å². The maximum atomic E-state index is 12.0. The summed E-state index contributed by atoms with van der Waals surface area (Å²) in [4.78, 5) is 30.0. The largest absolute Gasteiger partial charge is 0.569 e. The zero-order valence-electron chi connectivity index (χ0n) is 11.9. The van der Waals surface area contributed by atoms with E-state index in [1.165, 1.54) is 5.01 Å². The number of hydrazine groups is 1. The highest BCUT2D eigenvalue weighted by Crippen LogP contribution is 2.21. The van der Waals surface area contributed by atoms with Crippen LogP contribution >= 0.6 is 0 Å². The molecular weight excluding hydrogens is 276 g/mol. The third kappa shape index (κ3) is 2.78. The molecule has 0 aromatic heterocycles. The third-order valence-electron chi connectivity index (χ3n) is 3.16. The number of imide groups is 1. The van der Waals surface area contributed by atoms with Crippen molar-refractivity contribution in [3.8, 4) is 0 Å². The van der Waals surface area contributed by atoms with Crippen LogP contribution in [0.15, 0.2) is 29.5 Å². The summed E-state index contributed by atoms with van der Waals surface area (Å²) in [6.45, 7) is 4.15. The zero-order valence-corrected chi connectivity index (χ0v) is 11.9. The van der Waals surface area contributed by atoms with E-state index in [0.29, 0.717) is 29.2 Å². The van der Waals surface area contributed by atoms with Gasteiger partial charge in [-0.1, -0.05) is 12.1 Å². The molecule has 1 aromatic rings. The monoisotopic (exact) mass is 292 g/mol. The Morgan fingerprint density at radius 1 is 1.19 bits per heavy atom. The van der Waals surface area contributed by atoms with E-state index in [4.69, 9.17) is 4.84 Å². The minimum absolute atomic E-state index is 0.304. The molecule has 0 atom stereocenters. The Labute approximate surface area is 121 Å². The summed E-state index contributed by atoms with van der Waals surface area (Å²) in [5.74, 6) is -0.905. The molecule has 2 rings (SSSR count). The Morgan fingerprint density at radius 3 is 2.19 bits per heavy atom. The predicted molar refractivity (Wildman–Crippen MR) is 71.9 cm³/mol. The van der Waals surface area contributed by atoms with Crippen molar-refractivity contribution in [3.63, 3.8) is 0 Å². The normalized spacial score (nSPS) is 14.4. The molecule has 8 heteroatoms. The van der Waals surface area contributed by atoms with Gasteiger partial charge in [0.15, 0.2) is 0 Å². The fourth-order valence-corrected chi connectivity index (χ4v) is 2.01. The van der Waals surface area contributed by atoms with Crippen LogP contribution in [0.25, 0.3) is 0 Å². The molecule has 2 amide bonds. The molecule has 0 N–H and O–H groups in total. The van der Waals surface area contributed by atoms with Crippen LogP contribution in [0.3, 0.4) is 0 Å². The predicted octanol–water partition coefficient (Wildman–Crippen LogP) is 1.39. The molecule has 0 unspecified atom stereocenters. The van der Waals surface area contributed by atoms with Gasteiger partial charge < -0.3 is 10.0 Å². The number of hydrogen-bond donors (Lipinski definition) is 0. The number of hydrogen-bond acceptors (Lipinski definition) is 5. The molecule has 1 heterocycles. The SMILES string of the molecule is CCN(CC)/[N+]([O-])=N/OCN1C(=O)c2ccccc2C1=O. The van der Waals surface area contributed by atoms with Crippen LogP contribution < -0.4 is 0 Å². The number of rotatable bonds is 6. The van der Waals surface area contributed by atoms with Crippen LogP contribution in [0, 0.1) is 5.21 Å². The Kier molecular flexibility index (Phi) is 4.36. The molecule has 0 aliphatic carbocycles. The number of carbonyl (C=O) groups excluding carboxylic acids is 2. The first-order valence-corrected chi connectivity index (χ1v) is 6.60. The maximum absolute atomic E-state index is 12.0. The Hall–Kier alpha value is -2.64. The van der Waals surface area contributed by atoms with Gasteiger partial charge in [0.2, 0.25) is 12.0 Å². The van der Waals surface area contributed by atoms with Gasteiger partial charge >= 0.3 is 0 Å². The molecule has 0 bridgehead atoms. The Morgan fingerprint density at radius 2 is 1.71 bits per heavy atom. The second kappa shape index (κ2) is 6.21. The molecule has 0 spiro atoms. The number of carbonyl (C=O) groups is 2. The van der Waals surface area contributed by atoms with Crippen molar-refractivity contribution < 1.29 is 19.4 Å². The highest BCUT2D eigenvalue weighted by molar-refractivity contribution is 6.21. The van der Waals surface area contributed by atoms with E-state index in [1.54, 1.807) is 38.1 Å². The Balaban J connectivity index is 2.01. The van der Waals surface area contributed by atoms with Crippen LogP contribution in [-0.4, -0.2) is 46.5 Å². The molecule has 0 radical (unpaired) electrons. The van der Waals surface area contributed by atoms with Gasteiger partial charge in [-0.25, -0.2) is 4.90 Å². The van der Waals surface area contributed by atoms with E-state index in [2.05, 4.69) is 5.28 Å². The van der Waals surface area contributed by atoms with Crippen LogP contribution in [0.4, 0.5) is 0 Å². The Bertz CT molecular complexity index is 548. The lowest BCUT2D eigenvalue weighted by molar-refractivity contribution is -0.710. The molecule has 8 nitrogen and oxygen atoms in total. The van der Waals surface area contributed by atoms with Gasteiger partial charge in [-0.2, -0.15) is 0 Å². The third-order valence-corrected chi connectivity index (χ3v) is 3.16. The van der Waals surface area contributed by atoms with Crippen LogP contribution in [0.1, 0.15) is 34.6 Å². The quantitative estimate of drug-likeness (QED) is 0.342. The van der Waals surface area contributed by atoms with E-state index in [-0.39, 0.29) is 0 Å². The number of amides is 2. The van der Waals surface area contributed by atoms with Crippen molar-refractivity contribution in [2.24, 2.45) is 5.28 Å². The molecule has 0 saturated carbocycles. The summed E-state index contributed by atoms with van der Waals surface area (Å²) in [6.07, 6.45) is 0. The molecule has 1 aliphatic heterocycles. The minimum atomic E-state index is -0.453. The van der Waals surface area contributed by atoms with E-state index >= 15 is 0 Å². The number of nitrogens with zero attached hydrogens (tertiary/aromatic N) is 4. The number of benzene rings is 1. The van der Waals surface area contributed by atoms with Gasteiger partial charge in [0, 0.05) is 0 Å². The topological polar surface area (TPSA) is 88.3 Å². The lowest BCUT2D eigenvalue weighted by Gasteiger charge is -2.14. The average Bonchev–Trinajstić information content (AvgIpc) is 2.74. The van der Waals surface area contributed by atoms with Crippen molar-refractivity contribution in [3.05, 3.63) is 40.6 Å². The molecule has 1 aliphatic rings. The van der Waals surface area contributed by atoms with Crippen molar-refractivity contribution in [2.75, 3.05) is 19.8 Å². The van der Waals surface area contributed by atoms with Crippen molar-refractivity contribution in [1.29, 1.82) is 0 Å². The molecule has 0 fully saturated rings. The van der Waals surface area contributed by atoms with E-state index < -0.39 is 18.5 Å². The summed E-state index contributed by atoms with van der Waals surface area (Å²) in [5.41, 5.74) is 0.655. The average molecular weight is 292 g/mol. The lowest BCUT2D eigenvalue weighted by Crippen LogP contribution is -2.33. The van der Waals surface area contributed by atoms with Crippen molar-refractivity contribution in [2.45, 2.75) is 13.8 Å². The summed E-state index contributed by atoms with van der Waals surface area (Å²) >= 11 is 0. The first-order chi connectivity index (χ1) is 10.1. The van der Waals surface area contributed by atoms with Gasteiger partial charge in [-0.05, 0) is 26.0 Å². The smallest absolute Gasteiger partial charge is 0.264 e. The highest BCUT2D eigenvalue weighted by Gasteiger charge is 2.35. The van der Waals surface area contributed by atoms with Gasteiger partial charge in [0.1, 0.15) is 0 Å². The van der Waals surface area contributed by atoms with E-state index in [0.717, 1.165) is 4.90 Å². The summed E-state index contributed by atoms with van der Waals surface area (Å²) in [7, 11) is 0. The second-order valence-electron chi connectivity index (χ2n) is 4.32. The highest BCUT2D eigenvalue weighted by atomic mass is 16.7. The van der Waals surface area contributed by atoms with Gasteiger partial charge in [0.25, 0.3) is 11.8 Å². The van der Waals surface area contributed by atoms with Crippen LogP contribution in [0.5, 0.6) is 0 Å². The molecular formula is C13H16N4O4. The summed E-state index contributed by atoms with van der Waals surface area (Å²) in [5, 5.41) is 16.2. The van der Waals surface area contributed by atoms with E-state index in [9.17, 15) is 14.8 Å². The minimum Gasteiger partial charge on any atom is -0.569 e. The molecule has 112 valence electrons. The fourth-order valence-electron chi connectivity index (χ4n) is 2.01. The fraction of sp³-hybridized carbons (Fsp3) is 0.385. The molecule has 21 heavy (non-hydrogen) atoms. The first kappa shape index (κ1) is 14.8. The van der Waals surface area contributed by atoms with Crippen LogP contribution in [0.2, 0.25) is 0 Å². The maximum Gasteiger partial charge on any atom is 0.264 e. The van der Waals surface area contributed by atoms with Crippen LogP contribution in [-0.2, 0) is 4.84 Å². The zero-order chi connectivity index (χ0) is 15.4. The van der Waals surface area contributed by atoms with Crippen molar-refractivity contribution in [1.82, 2.24) is 9.91 Å². The lowest BCUT2D eigenvalue weighted by atomic mass is 10.1. The van der Waals surface area contributed by atoms with Gasteiger partial charge in [-0.15, -0.1) is 5.01 Å². The van der Waals surface area contributed by atoms with Crippen molar-refractivity contribution >= 4 is 11.8 Å². The number of fused-ring (bicyclic) bond motifs is 1. The molecule has 1 aromatic carbocycles. The summed E-state index contributed by atoms with van der Waals surface area (Å²) < 4.78 is 0. The first-order valence-electron chi connectivity index (χ1n) is 6.60. The molecule has 0 saturated heterocycles. The van der Waals surface area contributed by atoms with Gasteiger partial charge in [0.05, 0.1) is 29.2 Å². The van der Waals surface area contributed by atoms with Gasteiger partial charge in [-0.3, -0.25) is 9.59 Å².